The summed E-state index contributed by atoms with van der Waals surface area (Å²) in [4.78, 5) is 27.2. The molecule has 0 aliphatic carbocycles. The quantitative estimate of drug-likeness (QED) is 0.785. The van der Waals surface area contributed by atoms with Crippen molar-refractivity contribution in [3.8, 4) is 0 Å². The van der Waals surface area contributed by atoms with Gasteiger partial charge >= 0.3 is 0 Å². The van der Waals surface area contributed by atoms with Gasteiger partial charge in [-0.2, -0.15) is 0 Å². The molecule has 0 spiro atoms. The van der Waals surface area contributed by atoms with Gasteiger partial charge in [0.25, 0.3) is 0 Å². The Hall–Kier alpha value is -1.06. The van der Waals surface area contributed by atoms with Crippen molar-refractivity contribution < 1.29 is 9.59 Å². The predicted molar refractivity (Wildman–Crippen MR) is 85.9 cm³/mol. The summed E-state index contributed by atoms with van der Waals surface area (Å²) in [5.74, 6) is 0.893. The topological polar surface area (TPSA) is 49.4 Å². The van der Waals surface area contributed by atoms with Crippen molar-refractivity contribution in [2.24, 2.45) is 11.8 Å². The van der Waals surface area contributed by atoms with Crippen LogP contribution in [0.25, 0.3) is 0 Å². The molecule has 4 heteroatoms. The smallest absolute Gasteiger partial charge is 0.246 e. The van der Waals surface area contributed by atoms with Gasteiger partial charge in [-0.1, -0.05) is 41.0 Å². The second-order valence-corrected chi connectivity index (χ2v) is 6.99. The fourth-order valence-corrected chi connectivity index (χ4v) is 2.88. The van der Waals surface area contributed by atoms with Crippen molar-refractivity contribution >= 4 is 11.8 Å². The van der Waals surface area contributed by atoms with E-state index in [2.05, 4.69) is 26.1 Å². The van der Waals surface area contributed by atoms with E-state index in [0.717, 1.165) is 19.3 Å². The zero-order chi connectivity index (χ0) is 16.2. The molecule has 0 aromatic rings. The van der Waals surface area contributed by atoms with Gasteiger partial charge in [0.05, 0.1) is 0 Å². The molecule has 4 nitrogen and oxygen atoms in total. The van der Waals surface area contributed by atoms with E-state index in [1.165, 1.54) is 0 Å². The molecule has 3 atom stereocenters. The molecule has 0 aromatic heterocycles. The lowest BCUT2D eigenvalue weighted by Gasteiger charge is -2.47. The van der Waals surface area contributed by atoms with Crippen molar-refractivity contribution in [2.45, 2.75) is 78.8 Å². The van der Waals surface area contributed by atoms with E-state index in [4.69, 9.17) is 0 Å². The fourth-order valence-electron chi connectivity index (χ4n) is 2.88. The molecule has 21 heavy (non-hydrogen) atoms. The number of piperazine rings is 1. The minimum atomic E-state index is -0.696. The minimum absolute atomic E-state index is 0.000512. The summed E-state index contributed by atoms with van der Waals surface area (Å²) in [5, 5.41) is 2.96. The van der Waals surface area contributed by atoms with E-state index >= 15 is 0 Å². The van der Waals surface area contributed by atoms with E-state index in [-0.39, 0.29) is 23.8 Å². The summed E-state index contributed by atoms with van der Waals surface area (Å²) in [6, 6.07) is -0.360. The van der Waals surface area contributed by atoms with Gasteiger partial charge < -0.3 is 10.2 Å². The molecule has 0 saturated carbocycles. The highest BCUT2D eigenvalue weighted by Gasteiger charge is 2.48. The number of hydrogen-bond acceptors (Lipinski definition) is 2. The van der Waals surface area contributed by atoms with Crippen LogP contribution >= 0.6 is 0 Å². The normalized spacial score (nSPS) is 28.0. The van der Waals surface area contributed by atoms with Gasteiger partial charge in [-0.15, -0.1) is 0 Å². The second kappa shape index (κ2) is 7.28. The maximum absolute atomic E-state index is 12.8. The zero-order valence-electron chi connectivity index (χ0n) is 14.5. The van der Waals surface area contributed by atoms with E-state index in [9.17, 15) is 9.59 Å². The number of nitrogens with one attached hydrogen (secondary N) is 1. The first-order valence-electron chi connectivity index (χ1n) is 8.40. The van der Waals surface area contributed by atoms with Crippen LogP contribution in [-0.2, 0) is 9.59 Å². The van der Waals surface area contributed by atoms with Crippen molar-refractivity contribution in [3.63, 3.8) is 0 Å². The van der Waals surface area contributed by atoms with Crippen LogP contribution in [0.1, 0.15) is 67.2 Å². The molecule has 1 N–H and O–H groups in total. The van der Waals surface area contributed by atoms with Crippen LogP contribution < -0.4 is 5.32 Å². The Morgan fingerprint density at radius 2 is 1.86 bits per heavy atom. The van der Waals surface area contributed by atoms with Gasteiger partial charge in [0, 0.05) is 6.54 Å². The van der Waals surface area contributed by atoms with Crippen molar-refractivity contribution in [3.05, 3.63) is 0 Å². The summed E-state index contributed by atoms with van der Waals surface area (Å²) in [5.41, 5.74) is -0.696. The molecule has 0 bridgehead atoms. The van der Waals surface area contributed by atoms with Gasteiger partial charge in [-0.25, -0.2) is 0 Å². The number of rotatable bonds is 7. The van der Waals surface area contributed by atoms with Crippen LogP contribution in [0.2, 0.25) is 0 Å². The third-order valence-corrected chi connectivity index (χ3v) is 4.97. The lowest BCUT2D eigenvalue weighted by molar-refractivity contribution is -0.158. The molecule has 0 radical (unpaired) electrons. The molecule has 122 valence electrons. The van der Waals surface area contributed by atoms with E-state index in [0.29, 0.717) is 18.9 Å². The van der Waals surface area contributed by atoms with E-state index < -0.39 is 5.54 Å². The average molecular weight is 296 g/mol. The number of hydrogen-bond donors (Lipinski definition) is 1. The number of carbonyl (C=O) groups is 2. The SMILES string of the molecule is CCC(C)C1NC(=O)C(C)(CC)N(CCCC(C)C)C1=O. The third-order valence-electron chi connectivity index (χ3n) is 4.97. The molecular formula is C17H32N2O2. The molecule has 1 aliphatic heterocycles. The zero-order valence-corrected chi connectivity index (χ0v) is 14.5. The molecule has 0 aromatic carbocycles. The van der Waals surface area contributed by atoms with Gasteiger partial charge in [0.2, 0.25) is 11.8 Å². The highest BCUT2D eigenvalue weighted by molar-refractivity contribution is 5.99. The van der Waals surface area contributed by atoms with Crippen molar-refractivity contribution in [2.75, 3.05) is 6.54 Å². The highest BCUT2D eigenvalue weighted by Crippen LogP contribution is 2.28. The first kappa shape index (κ1) is 18.0. The Morgan fingerprint density at radius 1 is 1.24 bits per heavy atom. The lowest BCUT2D eigenvalue weighted by atomic mass is 9.86. The molecule has 1 heterocycles. The molecule has 3 unspecified atom stereocenters. The van der Waals surface area contributed by atoms with Crippen LogP contribution in [0.4, 0.5) is 0 Å². The van der Waals surface area contributed by atoms with Crippen molar-refractivity contribution in [1.82, 2.24) is 10.2 Å². The molecular weight excluding hydrogens is 264 g/mol. The number of nitrogens with zero attached hydrogens (tertiary/aromatic N) is 1. The summed E-state index contributed by atoms with van der Waals surface area (Å²) < 4.78 is 0. The Bertz CT molecular complexity index is 381. The average Bonchev–Trinajstić information content (AvgIpc) is 2.45. The number of amides is 2. The van der Waals surface area contributed by atoms with Gasteiger partial charge in [-0.3, -0.25) is 9.59 Å². The molecule has 1 aliphatic rings. The van der Waals surface area contributed by atoms with Crippen molar-refractivity contribution in [1.29, 1.82) is 0 Å². The van der Waals surface area contributed by atoms with E-state index in [1.54, 1.807) is 0 Å². The first-order valence-corrected chi connectivity index (χ1v) is 8.40. The van der Waals surface area contributed by atoms with Crippen LogP contribution in [0, 0.1) is 11.8 Å². The van der Waals surface area contributed by atoms with Gasteiger partial charge in [0.1, 0.15) is 11.6 Å². The minimum Gasteiger partial charge on any atom is -0.342 e. The Kier molecular flexibility index (Phi) is 6.24. The second-order valence-electron chi connectivity index (χ2n) is 6.99. The van der Waals surface area contributed by atoms with Crippen LogP contribution in [0.5, 0.6) is 0 Å². The summed E-state index contributed by atoms with van der Waals surface area (Å²) in [7, 11) is 0. The Labute approximate surface area is 129 Å². The molecule has 1 saturated heterocycles. The monoisotopic (exact) mass is 296 g/mol. The molecule has 1 rings (SSSR count). The summed E-state index contributed by atoms with van der Waals surface area (Å²) in [6.07, 6.45) is 3.58. The maximum Gasteiger partial charge on any atom is 0.246 e. The lowest BCUT2D eigenvalue weighted by Crippen LogP contribution is -2.70. The Balaban J connectivity index is 2.93. The number of carbonyl (C=O) groups excluding carboxylic acids is 2. The summed E-state index contributed by atoms with van der Waals surface area (Å²) >= 11 is 0. The highest BCUT2D eigenvalue weighted by atomic mass is 16.2. The van der Waals surface area contributed by atoms with Gasteiger partial charge in [0.15, 0.2) is 0 Å². The van der Waals surface area contributed by atoms with Crippen LogP contribution in [0.15, 0.2) is 0 Å². The fraction of sp³-hybridized carbons (Fsp3) is 0.882. The van der Waals surface area contributed by atoms with Gasteiger partial charge in [-0.05, 0) is 38.0 Å². The molecule has 2 amide bonds. The van der Waals surface area contributed by atoms with E-state index in [1.807, 2.05) is 25.7 Å². The Morgan fingerprint density at radius 3 is 2.33 bits per heavy atom. The predicted octanol–water partition coefficient (Wildman–Crippen LogP) is 2.96. The summed E-state index contributed by atoms with van der Waals surface area (Å²) in [6.45, 7) is 13.0. The van der Waals surface area contributed by atoms with Crippen LogP contribution in [0.3, 0.4) is 0 Å². The molecule has 1 fully saturated rings. The third kappa shape index (κ3) is 3.78. The standard InChI is InChI=1S/C17H32N2O2/c1-7-13(5)14-15(20)19(11-9-10-12(3)4)17(6,8-2)16(21)18-14/h12-14H,7-11H2,1-6H3,(H,18,21). The van der Waals surface area contributed by atoms with Crippen LogP contribution in [-0.4, -0.2) is 34.8 Å². The maximum atomic E-state index is 12.8. The largest absolute Gasteiger partial charge is 0.342 e. The first-order chi connectivity index (χ1) is 9.77.